The van der Waals surface area contributed by atoms with Gasteiger partial charge in [0.1, 0.15) is 0 Å². The Balaban J connectivity index is 1.60. The van der Waals surface area contributed by atoms with Gasteiger partial charge in [0.2, 0.25) is 5.91 Å². The van der Waals surface area contributed by atoms with Crippen LogP contribution >= 0.6 is 0 Å². The van der Waals surface area contributed by atoms with Gasteiger partial charge in [0.25, 0.3) is 5.91 Å². The van der Waals surface area contributed by atoms with E-state index >= 15 is 0 Å². The summed E-state index contributed by atoms with van der Waals surface area (Å²) in [4.78, 5) is 30.8. The number of primary amides is 1. The number of carbonyl (C=O) groups is 2. The summed E-state index contributed by atoms with van der Waals surface area (Å²) in [7, 11) is 0. The zero-order valence-electron chi connectivity index (χ0n) is 13.6. The summed E-state index contributed by atoms with van der Waals surface area (Å²) in [5, 5.41) is 0.927. The van der Waals surface area contributed by atoms with E-state index in [-0.39, 0.29) is 11.8 Å². The number of nitrogens with two attached hydrogens (primary N) is 1. The van der Waals surface area contributed by atoms with Gasteiger partial charge in [0.05, 0.1) is 16.8 Å². The molecule has 1 aromatic heterocycles. The molecule has 0 unspecified atom stereocenters. The van der Waals surface area contributed by atoms with E-state index in [1.54, 1.807) is 0 Å². The third kappa shape index (κ3) is 2.75. The molecule has 5 nitrogen and oxygen atoms in total. The fourth-order valence-corrected chi connectivity index (χ4v) is 3.60. The van der Waals surface area contributed by atoms with Crippen LogP contribution in [0.25, 0.3) is 10.9 Å². The molecule has 24 heavy (non-hydrogen) atoms. The number of para-hydroxylation sites is 1. The topological polar surface area (TPSA) is 76.3 Å². The number of likely N-dealkylation sites (tertiary alicyclic amines) is 1. The zero-order valence-corrected chi connectivity index (χ0v) is 13.6. The Morgan fingerprint density at radius 3 is 2.46 bits per heavy atom. The van der Waals surface area contributed by atoms with Gasteiger partial charge in [-0.05, 0) is 37.8 Å². The highest BCUT2D eigenvalue weighted by Gasteiger charge is 2.35. The minimum atomic E-state index is -0.431. The monoisotopic (exact) mass is 323 g/mol. The Hall–Kier alpha value is -2.43. The van der Waals surface area contributed by atoms with Crippen LogP contribution in [0.15, 0.2) is 30.3 Å². The van der Waals surface area contributed by atoms with Crippen LogP contribution in [0.3, 0.4) is 0 Å². The first-order valence-corrected chi connectivity index (χ1v) is 8.62. The largest absolute Gasteiger partial charge is 0.366 e. The van der Waals surface area contributed by atoms with Crippen molar-refractivity contribution in [3.05, 3.63) is 41.6 Å². The standard InChI is InChI=1S/C19H21N3O2/c20-18(23)15-11-14-3-1-2-4-16(14)21-17(15)12-7-9-22(10-8-12)19(24)13-5-6-13/h1-4,11-13H,5-10H2,(H2,20,23). The van der Waals surface area contributed by atoms with Gasteiger partial charge in [0, 0.05) is 30.3 Å². The second-order valence-electron chi connectivity index (χ2n) is 6.85. The molecule has 2 fully saturated rings. The molecule has 1 saturated carbocycles. The number of aromatic nitrogens is 1. The number of amides is 2. The van der Waals surface area contributed by atoms with Crippen LogP contribution in [-0.4, -0.2) is 34.8 Å². The highest BCUT2D eigenvalue weighted by atomic mass is 16.2. The number of piperidine rings is 1. The number of rotatable bonds is 3. The van der Waals surface area contributed by atoms with Gasteiger partial charge in [0.15, 0.2) is 0 Å². The van der Waals surface area contributed by atoms with Gasteiger partial charge in [-0.15, -0.1) is 0 Å². The molecule has 0 atom stereocenters. The molecule has 5 heteroatoms. The maximum absolute atomic E-state index is 12.2. The molecule has 0 bridgehead atoms. The number of nitrogens with zero attached hydrogens (tertiary/aromatic N) is 2. The summed E-state index contributed by atoms with van der Waals surface area (Å²) in [5.41, 5.74) is 7.78. The van der Waals surface area contributed by atoms with E-state index in [0.29, 0.717) is 11.5 Å². The molecule has 2 aliphatic rings. The summed E-state index contributed by atoms with van der Waals surface area (Å²) in [6.07, 6.45) is 3.75. The summed E-state index contributed by atoms with van der Waals surface area (Å²) in [5.74, 6) is 0.316. The van der Waals surface area contributed by atoms with E-state index in [9.17, 15) is 9.59 Å². The van der Waals surface area contributed by atoms with Crippen molar-refractivity contribution in [2.24, 2.45) is 11.7 Å². The van der Waals surface area contributed by atoms with Crippen molar-refractivity contribution in [3.8, 4) is 0 Å². The summed E-state index contributed by atoms with van der Waals surface area (Å²) >= 11 is 0. The fourth-order valence-electron chi connectivity index (χ4n) is 3.60. The lowest BCUT2D eigenvalue weighted by Crippen LogP contribution is -2.39. The third-order valence-electron chi connectivity index (χ3n) is 5.14. The second-order valence-corrected chi connectivity index (χ2v) is 6.85. The fraction of sp³-hybridized carbons (Fsp3) is 0.421. The van der Waals surface area contributed by atoms with Gasteiger partial charge >= 0.3 is 0 Å². The SMILES string of the molecule is NC(=O)c1cc2ccccc2nc1C1CCN(C(=O)C2CC2)CC1. The first-order chi connectivity index (χ1) is 11.6. The molecule has 2 heterocycles. The molecule has 4 rings (SSSR count). The van der Waals surface area contributed by atoms with Crippen LogP contribution in [0.1, 0.15) is 47.7 Å². The van der Waals surface area contributed by atoms with Crippen LogP contribution in [-0.2, 0) is 4.79 Å². The number of pyridine rings is 1. The summed E-state index contributed by atoms with van der Waals surface area (Å²) < 4.78 is 0. The molecule has 1 aliphatic heterocycles. The lowest BCUT2D eigenvalue weighted by atomic mass is 9.89. The highest BCUT2D eigenvalue weighted by Crippen LogP contribution is 2.35. The van der Waals surface area contributed by atoms with E-state index in [1.807, 2.05) is 35.2 Å². The number of hydrogen-bond donors (Lipinski definition) is 1. The molecule has 2 N–H and O–H groups in total. The molecule has 0 spiro atoms. The van der Waals surface area contributed by atoms with Crippen LogP contribution in [0.2, 0.25) is 0 Å². The van der Waals surface area contributed by atoms with Crippen LogP contribution in [0, 0.1) is 5.92 Å². The number of hydrogen-bond acceptors (Lipinski definition) is 3. The van der Waals surface area contributed by atoms with Crippen molar-refractivity contribution in [3.63, 3.8) is 0 Å². The number of carbonyl (C=O) groups excluding carboxylic acids is 2. The van der Waals surface area contributed by atoms with Crippen molar-refractivity contribution in [2.75, 3.05) is 13.1 Å². The number of benzene rings is 1. The molecule has 1 aliphatic carbocycles. The smallest absolute Gasteiger partial charge is 0.250 e. The first-order valence-electron chi connectivity index (χ1n) is 8.62. The lowest BCUT2D eigenvalue weighted by Gasteiger charge is -2.32. The molecular weight excluding hydrogens is 302 g/mol. The van der Waals surface area contributed by atoms with Crippen molar-refractivity contribution in [1.29, 1.82) is 0 Å². The van der Waals surface area contributed by atoms with Crippen LogP contribution < -0.4 is 5.73 Å². The van der Waals surface area contributed by atoms with E-state index < -0.39 is 5.91 Å². The van der Waals surface area contributed by atoms with Crippen molar-refractivity contribution >= 4 is 22.7 Å². The van der Waals surface area contributed by atoms with Gasteiger partial charge < -0.3 is 10.6 Å². The second kappa shape index (κ2) is 5.89. The Labute approximate surface area is 140 Å². The summed E-state index contributed by atoms with van der Waals surface area (Å²) in [6.45, 7) is 1.49. The van der Waals surface area contributed by atoms with Gasteiger partial charge in [-0.3, -0.25) is 14.6 Å². The Morgan fingerprint density at radius 2 is 1.79 bits per heavy atom. The van der Waals surface area contributed by atoms with Crippen molar-refractivity contribution < 1.29 is 9.59 Å². The molecule has 0 radical (unpaired) electrons. The average Bonchev–Trinajstić information content (AvgIpc) is 3.45. The average molecular weight is 323 g/mol. The first kappa shape index (κ1) is 15.1. The van der Waals surface area contributed by atoms with Gasteiger partial charge in [-0.25, -0.2) is 0 Å². The van der Waals surface area contributed by atoms with Gasteiger partial charge in [-0.1, -0.05) is 18.2 Å². The van der Waals surface area contributed by atoms with Crippen LogP contribution in [0.4, 0.5) is 0 Å². The molecule has 2 amide bonds. The minimum absolute atomic E-state index is 0.181. The van der Waals surface area contributed by atoms with E-state index in [4.69, 9.17) is 10.7 Å². The lowest BCUT2D eigenvalue weighted by molar-refractivity contribution is -0.133. The number of fused-ring (bicyclic) bond motifs is 1. The van der Waals surface area contributed by atoms with Gasteiger partial charge in [-0.2, -0.15) is 0 Å². The highest BCUT2D eigenvalue weighted by molar-refractivity contribution is 5.97. The minimum Gasteiger partial charge on any atom is -0.366 e. The van der Waals surface area contributed by atoms with Crippen molar-refractivity contribution in [2.45, 2.75) is 31.6 Å². The van der Waals surface area contributed by atoms with Crippen molar-refractivity contribution in [1.82, 2.24) is 9.88 Å². The Morgan fingerprint density at radius 1 is 1.08 bits per heavy atom. The third-order valence-corrected chi connectivity index (χ3v) is 5.14. The quantitative estimate of drug-likeness (QED) is 0.942. The molecule has 2 aromatic rings. The molecule has 1 aromatic carbocycles. The Bertz CT molecular complexity index is 805. The maximum Gasteiger partial charge on any atom is 0.250 e. The zero-order chi connectivity index (χ0) is 16.7. The molecular formula is C19H21N3O2. The van der Waals surface area contributed by atoms with Crippen LogP contribution in [0.5, 0.6) is 0 Å². The van der Waals surface area contributed by atoms with E-state index in [0.717, 1.165) is 55.4 Å². The maximum atomic E-state index is 12.2. The summed E-state index contributed by atoms with van der Waals surface area (Å²) in [6, 6.07) is 9.61. The Kier molecular flexibility index (Phi) is 3.71. The molecule has 1 saturated heterocycles. The van der Waals surface area contributed by atoms with E-state index in [1.165, 1.54) is 0 Å². The molecule has 124 valence electrons. The predicted octanol–water partition coefficient (Wildman–Crippen LogP) is 2.45. The normalized spacial score (nSPS) is 18.8. The van der Waals surface area contributed by atoms with E-state index in [2.05, 4.69) is 0 Å². The predicted molar refractivity (Wildman–Crippen MR) is 91.5 cm³/mol.